The number of aromatic hydroxyl groups is 1. The summed E-state index contributed by atoms with van der Waals surface area (Å²) in [5.74, 6) is -4.41. The molecule has 2 aromatic carbocycles. The number of fused-ring (bicyclic) bond motifs is 1. The molecule has 2 heterocycles. The predicted molar refractivity (Wildman–Crippen MR) is 112 cm³/mol. The zero-order valence-corrected chi connectivity index (χ0v) is 17.5. The van der Waals surface area contributed by atoms with Crippen LogP contribution in [0.4, 0.5) is 5.69 Å². The van der Waals surface area contributed by atoms with Crippen LogP contribution in [-0.4, -0.2) is 40.6 Å². The number of imide groups is 1. The number of para-hydroxylation sites is 1. The Kier molecular flexibility index (Phi) is 4.97. The molecule has 0 saturated carbocycles. The average Bonchev–Trinajstić information content (AvgIpc) is 3.22. The molecule has 2 aromatic rings. The number of phenolic OH excluding ortho intramolecular Hbond substituents is 1. The lowest BCUT2D eigenvalue weighted by molar-refractivity contribution is -0.147. The highest BCUT2D eigenvalue weighted by Crippen LogP contribution is 2.51. The number of carboxylic acids is 1. The number of rotatable bonds is 5. The SMILES string of the molecule is CCc1ccc(N2C(=O)C3C(c4cccc(OC)c4O)NC(C)(C(=O)O)C3C2=O)cc1. The molecule has 2 fully saturated rings. The highest BCUT2D eigenvalue weighted by atomic mass is 16.5. The first-order valence-electron chi connectivity index (χ1n) is 10.1. The van der Waals surface area contributed by atoms with Crippen molar-refractivity contribution in [3.05, 3.63) is 53.6 Å². The Morgan fingerprint density at radius 2 is 1.84 bits per heavy atom. The van der Waals surface area contributed by atoms with E-state index in [1.54, 1.807) is 30.3 Å². The second kappa shape index (κ2) is 7.39. The summed E-state index contributed by atoms with van der Waals surface area (Å²) in [7, 11) is 1.40. The molecule has 4 rings (SSSR count). The zero-order valence-electron chi connectivity index (χ0n) is 17.5. The van der Waals surface area contributed by atoms with Crippen LogP contribution in [0.15, 0.2) is 42.5 Å². The Hall–Kier alpha value is -3.39. The predicted octanol–water partition coefficient (Wildman–Crippen LogP) is 2.26. The van der Waals surface area contributed by atoms with Gasteiger partial charge in [0.15, 0.2) is 11.5 Å². The molecule has 8 heteroatoms. The second-order valence-electron chi connectivity index (χ2n) is 8.06. The molecule has 3 N–H and O–H groups in total. The number of aryl methyl sites for hydroxylation is 1. The summed E-state index contributed by atoms with van der Waals surface area (Å²) in [5.41, 5.74) is 0.0845. The maximum absolute atomic E-state index is 13.5. The number of carbonyl (C=O) groups is 3. The molecule has 31 heavy (non-hydrogen) atoms. The van der Waals surface area contributed by atoms with Crippen LogP contribution in [0.2, 0.25) is 0 Å². The highest BCUT2D eigenvalue weighted by molar-refractivity contribution is 6.24. The molecule has 2 amide bonds. The van der Waals surface area contributed by atoms with Gasteiger partial charge in [-0.1, -0.05) is 31.2 Å². The van der Waals surface area contributed by atoms with Crippen LogP contribution >= 0.6 is 0 Å². The average molecular weight is 424 g/mol. The van der Waals surface area contributed by atoms with E-state index in [-0.39, 0.29) is 11.5 Å². The monoisotopic (exact) mass is 424 g/mol. The smallest absolute Gasteiger partial charge is 0.324 e. The summed E-state index contributed by atoms with van der Waals surface area (Å²) in [6, 6.07) is 11.0. The summed E-state index contributed by atoms with van der Waals surface area (Å²) in [6.07, 6.45) is 0.811. The minimum Gasteiger partial charge on any atom is -0.504 e. The van der Waals surface area contributed by atoms with Crippen molar-refractivity contribution in [2.45, 2.75) is 31.8 Å². The first-order valence-corrected chi connectivity index (χ1v) is 10.1. The normalized spacial score (nSPS) is 27.5. The molecular weight excluding hydrogens is 400 g/mol. The largest absolute Gasteiger partial charge is 0.504 e. The number of carbonyl (C=O) groups excluding carboxylic acids is 2. The third-order valence-electron chi connectivity index (χ3n) is 6.42. The van der Waals surface area contributed by atoms with Gasteiger partial charge < -0.3 is 14.9 Å². The number of benzene rings is 2. The van der Waals surface area contributed by atoms with E-state index in [9.17, 15) is 24.6 Å². The second-order valence-corrected chi connectivity index (χ2v) is 8.06. The van der Waals surface area contributed by atoms with Gasteiger partial charge in [0.25, 0.3) is 0 Å². The van der Waals surface area contributed by atoms with Gasteiger partial charge in [0, 0.05) is 11.6 Å². The molecule has 0 radical (unpaired) electrons. The van der Waals surface area contributed by atoms with Gasteiger partial charge in [-0.2, -0.15) is 0 Å². The van der Waals surface area contributed by atoms with Gasteiger partial charge in [-0.15, -0.1) is 0 Å². The number of aliphatic carboxylic acids is 1. The van der Waals surface area contributed by atoms with E-state index in [1.807, 2.05) is 19.1 Å². The lowest BCUT2D eigenvalue weighted by Gasteiger charge is -2.27. The Bertz CT molecular complexity index is 1070. The Morgan fingerprint density at radius 3 is 2.42 bits per heavy atom. The van der Waals surface area contributed by atoms with E-state index < -0.39 is 41.2 Å². The van der Waals surface area contributed by atoms with Crippen molar-refractivity contribution in [1.82, 2.24) is 5.32 Å². The van der Waals surface area contributed by atoms with E-state index in [0.29, 0.717) is 11.3 Å². The van der Waals surface area contributed by atoms with Crippen LogP contribution in [-0.2, 0) is 20.8 Å². The van der Waals surface area contributed by atoms with Crippen LogP contribution in [0, 0.1) is 11.8 Å². The molecule has 4 atom stereocenters. The lowest BCUT2D eigenvalue weighted by atomic mass is 9.80. The summed E-state index contributed by atoms with van der Waals surface area (Å²) in [4.78, 5) is 40.1. The van der Waals surface area contributed by atoms with Crippen LogP contribution in [0.25, 0.3) is 0 Å². The van der Waals surface area contributed by atoms with E-state index >= 15 is 0 Å². The topological polar surface area (TPSA) is 116 Å². The van der Waals surface area contributed by atoms with E-state index in [2.05, 4.69) is 5.32 Å². The summed E-state index contributed by atoms with van der Waals surface area (Å²) >= 11 is 0. The number of methoxy groups -OCH3 is 1. The molecular formula is C23H24N2O6. The molecule has 8 nitrogen and oxygen atoms in total. The first-order chi connectivity index (χ1) is 14.7. The number of nitrogens with one attached hydrogen (secondary N) is 1. The Labute approximate surface area is 179 Å². The molecule has 0 bridgehead atoms. The third kappa shape index (κ3) is 2.97. The molecule has 162 valence electrons. The van der Waals surface area contributed by atoms with Gasteiger partial charge in [0.2, 0.25) is 11.8 Å². The molecule has 2 aliphatic heterocycles. The number of carboxylic acid groups (broad SMARTS) is 1. The maximum Gasteiger partial charge on any atom is 0.324 e. The molecule has 4 unspecified atom stereocenters. The fraction of sp³-hybridized carbons (Fsp3) is 0.348. The number of anilines is 1. The van der Waals surface area contributed by atoms with Crippen LogP contribution < -0.4 is 15.0 Å². The van der Waals surface area contributed by atoms with Gasteiger partial charge in [-0.25, -0.2) is 4.90 Å². The van der Waals surface area contributed by atoms with Gasteiger partial charge in [-0.05, 0) is 37.1 Å². The van der Waals surface area contributed by atoms with Crippen LogP contribution in [0.3, 0.4) is 0 Å². The van der Waals surface area contributed by atoms with Crippen molar-refractivity contribution < 1.29 is 29.3 Å². The van der Waals surface area contributed by atoms with E-state index in [4.69, 9.17) is 4.74 Å². The molecule has 0 aliphatic carbocycles. The minimum atomic E-state index is -1.68. The third-order valence-corrected chi connectivity index (χ3v) is 6.42. The standard InChI is InChI=1S/C23H24N2O6/c1-4-12-8-10-13(11-9-12)25-20(27)16-17(21(25)28)23(2,22(29)30)24-18(16)14-6-5-7-15(31-3)19(14)26/h5-11,16-18,24,26H,4H2,1-3H3,(H,29,30). The maximum atomic E-state index is 13.5. The number of amides is 2. The summed E-state index contributed by atoms with van der Waals surface area (Å²) in [5, 5.41) is 23.5. The minimum absolute atomic E-state index is 0.193. The van der Waals surface area contributed by atoms with Crippen molar-refractivity contribution in [3.8, 4) is 11.5 Å². The number of nitrogens with zero attached hydrogens (tertiary/aromatic N) is 1. The van der Waals surface area contributed by atoms with Crippen molar-refractivity contribution in [3.63, 3.8) is 0 Å². The van der Waals surface area contributed by atoms with Crippen LogP contribution in [0.1, 0.15) is 31.0 Å². The van der Waals surface area contributed by atoms with E-state index in [0.717, 1.165) is 16.9 Å². The first kappa shape index (κ1) is 20.9. The molecule has 2 aliphatic rings. The number of hydrogen-bond donors (Lipinski definition) is 3. The summed E-state index contributed by atoms with van der Waals surface area (Å²) < 4.78 is 5.16. The van der Waals surface area contributed by atoms with Crippen LogP contribution in [0.5, 0.6) is 11.5 Å². The van der Waals surface area contributed by atoms with Gasteiger partial charge in [0.1, 0.15) is 5.54 Å². The number of ether oxygens (including phenoxy) is 1. The zero-order chi connectivity index (χ0) is 22.5. The molecule has 2 saturated heterocycles. The van der Waals surface area contributed by atoms with Gasteiger partial charge >= 0.3 is 5.97 Å². The number of phenols is 1. The van der Waals surface area contributed by atoms with Crippen molar-refractivity contribution >= 4 is 23.5 Å². The quantitative estimate of drug-likeness (QED) is 0.631. The van der Waals surface area contributed by atoms with Gasteiger partial charge in [-0.3, -0.25) is 19.7 Å². The Balaban J connectivity index is 1.82. The van der Waals surface area contributed by atoms with Gasteiger partial charge in [0.05, 0.1) is 24.6 Å². The highest BCUT2D eigenvalue weighted by Gasteiger charge is 2.67. The molecule has 0 aromatic heterocycles. The lowest BCUT2D eigenvalue weighted by Crippen LogP contribution is -2.53. The Morgan fingerprint density at radius 1 is 1.16 bits per heavy atom. The fourth-order valence-electron chi connectivity index (χ4n) is 4.69. The summed E-state index contributed by atoms with van der Waals surface area (Å²) in [6.45, 7) is 3.40. The van der Waals surface area contributed by atoms with Crippen molar-refractivity contribution in [1.29, 1.82) is 0 Å². The fourth-order valence-corrected chi connectivity index (χ4v) is 4.69. The van der Waals surface area contributed by atoms with E-state index in [1.165, 1.54) is 14.0 Å². The van der Waals surface area contributed by atoms with Crippen molar-refractivity contribution in [2.75, 3.05) is 12.0 Å². The molecule has 0 spiro atoms. The van der Waals surface area contributed by atoms with Crippen molar-refractivity contribution in [2.24, 2.45) is 11.8 Å². The number of hydrogen-bond acceptors (Lipinski definition) is 6.